The first-order valence-corrected chi connectivity index (χ1v) is 7.11. The number of hydrogen-bond acceptors (Lipinski definition) is 3. The molecule has 0 aromatic carbocycles. The molecule has 5 heteroatoms. The molecule has 0 radical (unpaired) electrons. The van der Waals surface area contributed by atoms with E-state index in [2.05, 4.69) is 29.0 Å². The number of carbonyl (C=O) groups excluding carboxylic acids is 1. The van der Waals surface area contributed by atoms with Crippen molar-refractivity contribution in [2.45, 2.75) is 38.8 Å². The number of rotatable bonds is 3. The highest BCUT2D eigenvalue weighted by molar-refractivity contribution is 6.29. The summed E-state index contributed by atoms with van der Waals surface area (Å²) in [4.78, 5) is 18.5. The van der Waals surface area contributed by atoms with Gasteiger partial charge in [-0.05, 0) is 38.8 Å². The molecule has 0 bridgehead atoms. The monoisotopic (exact) mass is 281 g/mol. The minimum Gasteiger partial charge on any atom is -0.348 e. The van der Waals surface area contributed by atoms with Crippen molar-refractivity contribution in [3.8, 4) is 0 Å². The van der Waals surface area contributed by atoms with Gasteiger partial charge in [-0.2, -0.15) is 0 Å². The van der Waals surface area contributed by atoms with Gasteiger partial charge in [-0.15, -0.1) is 0 Å². The second kappa shape index (κ2) is 6.35. The van der Waals surface area contributed by atoms with Crippen molar-refractivity contribution in [1.82, 2.24) is 15.2 Å². The molecule has 1 aromatic rings. The molecular weight excluding hydrogens is 262 g/mol. The van der Waals surface area contributed by atoms with Crippen molar-refractivity contribution in [3.63, 3.8) is 0 Å². The fourth-order valence-corrected chi connectivity index (χ4v) is 2.52. The Balaban J connectivity index is 1.87. The zero-order chi connectivity index (χ0) is 13.8. The van der Waals surface area contributed by atoms with Crippen LogP contribution >= 0.6 is 11.6 Å². The van der Waals surface area contributed by atoms with Crippen molar-refractivity contribution < 1.29 is 4.79 Å². The highest BCUT2D eigenvalue weighted by Crippen LogP contribution is 2.13. The summed E-state index contributed by atoms with van der Waals surface area (Å²) in [6.45, 7) is 6.47. The van der Waals surface area contributed by atoms with E-state index in [0.29, 0.717) is 16.9 Å². The first kappa shape index (κ1) is 14.3. The number of aromatic nitrogens is 1. The molecule has 1 amide bonds. The third-order valence-corrected chi connectivity index (χ3v) is 3.75. The lowest BCUT2D eigenvalue weighted by molar-refractivity contribution is 0.0895. The van der Waals surface area contributed by atoms with Gasteiger partial charge in [-0.1, -0.05) is 17.7 Å². The third kappa shape index (κ3) is 3.91. The van der Waals surface area contributed by atoms with Gasteiger partial charge in [0.15, 0.2) is 0 Å². The number of carbonyl (C=O) groups is 1. The number of hydrogen-bond donors (Lipinski definition) is 1. The van der Waals surface area contributed by atoms with Crippen LogP contribution in [0.4, 0.5) is 0 Å². The Bertz CT molecular complexity index is 442. The number of pyridine rings is 1. The molecule has 2 rings (SSSR count). The van der Waals surface area contributed by atoms with Crippen LogP contribution in [-0.4, -0.2) is 41.0 Å². The molecule has 1 aliphatic heterocycles. The van der Waals surface area contributed by atoms with E-state index in [1.807, 2.05) is 0 Å². The summed E-state index contributed by atoms with van der Waals surface area (Å²) in [6, 6.07) is 5.91. The SMILES string of the molecule is CC(C)N1CCC(NC(=O)c2cccc(Cl)n2)CC1. The van der Waals surface area contributed by atoms with Crippen LogP contribution in [-0.2, 0) is 0 Å². The maximum Gasteiger partial charge on any atom is 0.270 e. The summed E-state index contributed by atoms with van der Waals surface area (Å²) in [5, 5.41) is 3.38. The average Bonchev–Trinajstić information content (AvgIpc) is 2.39. The minimum atomic E-state index is -0.134. The molecule has 1 N–H and O–H groups in total. The highest BCUT2D eigenvalue weighted by Gasteiger charge is 2.22. The predicted octanol–water partition coefficient (Wildman–Crippen LogP) is 2.34. The minimum absolute atomic E-state index is 0.134. The van der Waals surface area contributed by atoms with Gasteiger partial charge in [-0.3, -0.25) is 4.79 Å². The fourth-order valence-electron chi connectivity index (χ4n) is 2.35. The molecule has 0 unspecified atom stereocenters. The lowest BCUT2D eigenvalue weighted by Gasteiger charge is -2.34. The van der Waals surface area contributed by atoms with E-state index < -0.39 is 0 Å². The van der Waals surface area contributed by atoms with E-state index in [1.165, 1.54) is 0 Å². The molecule has 0 spiro atoms. The van der Waals surface area contributed by atoms with Crippen molar-refractivity contribution in [1.29, 1.82) is 0 Å². The lowest BCUT2D eigenvalue weighted by atomic mass is 10.0. The van der Waals surface area contributed by atoms with Gasteiger partial charge < -0.3 is 10.2 Å². The van der Waals surface area contributed by atoms with Crippen molar-refractivity contribution in [2.24, 2.45) is 0 Å². The Morgan fingerprint density at radius 2 is 2.11 bits per heavy atom. The zero-order valence-corrected chi connectivity index (χ0v) is 12.2. The fraction of sp³-hybridized carbons (Fsp3) is 0.571. The molecule has 1 saturated heterocycles. The first-order valence-electron chi connectivity index (χ1n) is 6.73. The van der Waals surface area contributed by atoms with Crippen LogP contribution in [0.1, 0.15) is 37.2 Å². The highest BCUT2D eigenvalue weighted by atomic mass is 35.5. The number of nitrogens with one attached hydrogen (secondary N) is 1. The third-order valence-electron chi connectivity index (χ3n) is 3.54. The zero-order valence-electron chi connectivity index (χ0n) is 11.4. The number of amides is 1. The molecule has 1 fully saturated rings. The van der Waals surface area contributed by atoms with E-state index in [4.69, 9.17) is 11.6 Å². The van der Waals surface area contributed by atoms with Crippen LogP contribution < -0.4 is 5.32 Å². The molecular formula is C14H20ClN3O. The molecule has 104 valence electrons. The van der Waals surface area contributed by atoms with Crippen LogP contribution in [0, 0.1) is 0 Å². The van der Waals surface area contributed by atoms with Crippen molar-refractivity contribution in [2.75, 3.05) is 13.1 Å². The second-order valence-corrected chi connectivity index (χ2v) is 5.61. The van der Waals surface area contributed by atoms with Crippen molar-refractivity contribution in [3.05, 3.63) is 29.0 Å². The molecule has 0 saturated carbocycles. The molecule has 19 heavy (non-hydrogen) atoms. The summed E-state index contributed by atoms with van der Waals surface area (Å²) < 4.78 is 0. The van der Waals surface area contributed by atoms with Crippen LogP contribution in [0.25, 0.3) is 0 Å². The van der Waals surface area contributed by atoms with Crippen LogP contribution in [0.15, 0.2) is 18.2 Å². The standard InChI is InChI=1S/C14H20ClN3O/c1-10(2)18-8-6-11(7-9-18)16-14(19)12-4-3-5-13(15)17-12/h3-5,10-11H,6-9H2,1-2H3,(H,16,19). The lowest BCUT2D eigenvalue weighted by Crippen LogP contribution is -2.46. The number of nitrogens with zero attached hydrogens (tertiary/aromatic N) is 2. The van der Waals surface area contributed by atoms with Gasteiger partial charge in [0, 0.05) is 25.2 Å². The van der Waals surface area contributed by atoms with E-state index in [1.54, 1.807) is 18.2 Å². The molecule has 2 heterocycles. The summed E-state index contributed by atoms with van der Waals surface area (Å²) in [5.41, 5.74) is 0.388. The maximum atomic E-state index is 12.0. The maximum absolute atomic E-state index is 12.0. The van der Waals surface area contributed by atoms with Gasteiger partial charge in [-0.25, -0.2) is 4.98 Å². The summed E-state index contributed by atoms with van der Waals surface area (Å²) in [7, 11) is 0. The van der Waals surface area contributed by atoms with Gasteiger partial charge in [0.1, 0.15) is 10.8 Å². The van der Waals surface area contributed by atoms with Gasteiger partial charge in [0.05, 0.1) is 0 Å². The second-order valence-electron chi connectivity index (χ2n) is 5.22. The van der Waals surface area contributed by atoms with Crippen LogP contribution in [0.3, 0.4) is 0 Å². The molecule has 1 aromatic heterocycles. The molecule has 1 aliphatic rings. The Hall–Kier alpha value is -1.13. The Morgan fingerprint density at radius 1 is 1.42 bits per heavy atom. The summed E-state index contributed by atoms with van der Waals surface area (Å²) in [6.07, 6.45) is 1.98. The van der Waals surface area contributed by atoms with E-state index in [-0.39, 0.29) is 11.9 Å². The topological polar surface area (TPSA) is 45.2 Å². The normalized spacial score (nSPS) is 17.7. The summed E-state index contributed by atoms with van der Waals surface area (Å²) >= 11 is 5.79. The molecule has 0 atom stereocenters. The van der Waals surface area contributed by atoms with E-state index in [9.17, 15) is 4.79 Å². The van der Waals surface area contributed by atoms with Gasteiger partial charge in [0.25, 0.3) is 5.91 Å². The summed E-state index contributed by atoms with van der Waals surface area (Å²) in [5.74, 6) is -0.134. The van der Waals surface area contributed by atoms with Crippen LogP contribution in [0.2, 0.25) is 5.15 Å². The number of piperidine rings is 1. The molecule has 0 aliphatic carbocycles. The Kier molecular flexibility index (Phi) is 4.77. The van der Waals surface area contributed by atoms with E-state index >= 15 is 0 Å². The number of halogens is 1. The van der Waals surface area contributed by atoms with Gasteiger partial charge in [0.2, 0.25) is 0 Å². The predicted molar refractivity (Wildman–Crippen MR) is 76.4 cm³/mol. The largest absolute Gasteiger partial charge is 0.348 e. The first-order chi connectivity index (χ1) is 9.06. The number of likely N-dealkylation sites (tertiary alicyclic amines) is 1. The smallest absolute Gasteiger partial charge is 0.270 e. The van der Waals surface area contributed by atoms with E-state index in [0.717, 1.165) is 25.9 Å². The Labute approximate surface area is 119 Å². The average molecular weight is 282 g/mol. The van der Waals surface area contributed by atoms with Gasteiger partial charge >= 0.3 is 0 Å². The molecule has 4 nitrogen and oxygen atoms in total. The Morgan fingerprint density at radius 3 is 2.68 bits per heavy atom. The quantitative estimate of drug-likeness (QED) is 0.865. The van der Waals surface area contributed by atoms with Crippen LogP contribution in [0.5, 0.6) is 0 Å². The van der Waals surface area contributed by atoms with Crippen molar-refractivity contribution >= 4 is 17.5 Å².